The molecule has 0 spiro atoms. The van der Waals surface area contributed by atoms with Crippen LogP contribution in [0, 0.1) is 5.92 Å². The van der Waals surface area contributed by atoms with Gasteiger partial charge in [-0.15, -0.1) is 0 Å². The number of primary amides is 1. The highest BCUT2D eigenvalue weighted by atomic mass is 32.2. The summed E-state index contributed by atoms with van der Waals surface area (Å²) >= 11 is 0. The summed E-state index contributed by atoms with van der Waals surface area (Å²) in [5.41, 5.74) is 5.56. The van der Waals surface area contributed by atoms with Crippen molar-refractivity contribution in [2.75, 3.05) is 52.5 Å². The van der Waals surface area contributed by atoms with Crippen molar-refractivity contribution in [1.29, 1.82) is 0 Å². The fourth-order valence-corrected chi connectivity index (χ4v) is 5.49. The van der Waals surface area contributed by atoms with Crippen molar-refractivity contribution in [3.05, 3.63) is 29.8 Å². The molecule has 2 amide bonds. The fourth-order valence-electron chi connectivity index (χ4n) is 3.90. The number of likely N-dealkylation sites (tertiary alicyclic amines) is 1. The quantitative estimate of drug-likeness (QED) is 0.552. The molecule has 2 aliphatic rings. The van der Waals surface area contributed by atoms with Gasteiger partial charge in [-0.1, -0.05) is 12.1 Å². The molecule has 30 heavy (non-hydrogen) atoms. The summed E-state index contributed by atoms with van der Waals surface area (Å²) in [6.07, 6.45) is 2.47. The summed E-state index contributed by atoms with van der Waals surface area (Å²) in [6.45, 7) is 3.99. The van der Waals surface area contributed by atoms with Crippen LogP contribution in [0.2, 0.25) is 0 Å². The number of hydrogen-bond donors (Lipinski definition) is 2. The number of hydrogen-bond acceptors (Lipinski definition) is 6. The maximum Gasteiger partial charge on any atom is 0.252 e. The largest absolute Gasteiger partial charge is 0.379 e. The van der Waals surface area contributed by atoms with Crippen molar-refractivity contribution < 1.29 is 22.7 Å². The molecular formula is C20H30N4O5S. The maximum atomic E-state index is 13.0. The molecule has 1 unspecified atom stereocenters. The molecule has 1 aromatic rings. The maximum absolute atomic E-state index is 13.0. The van der Waals surface area contributed by atoms with Gasteiger partial charge in [0.15, 0.2) is 0 Å². The second-order valence-electron chi connectivity index (χ2n) is 7.66. The molecule has 0 aliphatic carbocycles. The molecule has 2 heterocycles. The number of piperidine rings is 1. The first-order chi connectivity index (χ1) is 14.4. The van der Waals surface area contributed by atoms with E-state index in [2.05, 4.69) is 10.2 Å². The SMILES string of the molecule is NC(=O)C1CCCN(CCCNC(=O)c2ccccc2S(=O)(=O)N2CCOCC2)C1. The van der Waals surface area contributed by atoms with Crippen LogP contribution < -0.4 is 11.1 Å². The lowest BCUT2D eigenvalue weighted by molar-refractivity contribution is -0.123. The average Bonchev–Trinajstić information content (AvgIpc) is 2.77. The summed E-state index contributed by atoms with van der Waals surface area (Å²) < 4.78 is 32.5. The van der Waals surface area contributed by atoms with E-state index in [0.717, 1.165) is 25.9 Å². The fraction of sp³-hybridized carbons (Fsp3) is 0.600. The molecule has 1 atom stereocenters. The minimum atomic E-state index is -3.76. The van der Waals surface area contributed by atoms with Crippen LogP contribution >= 0.6 is 0 Å². The topological polar surface area (TPSA) is 122 Å². The molecule has 0 aromatic heterocycles. The molecule has 3 N–H and O–H groups in total. The summed E-state index contributed by atoms with van der Waals surface area (Å²) in [6, 6.07) is 6.28. The van der Waals surface area contributed by atoms with E-state index in [0.29, 0.717) is 32.7 Å². The third-order valence-electron chi connectivity index (χ3n) is 5.56. The van der Waals surface area contributed by atoms with Gasteiger partial charge in [0.25, 0.3) is 5.91 Å². The second-order valence-corrected chi connectivity index (χ2v) is 9.57. The number of nitrogens with two attached hydrogens (primary N) is 1. The minimum absolute atomic E-state index is 0.0183. The van der Waals surface area contributed by atoms with Crippen LogP contribution in [0.3, 0.4) is 0 Å². The predicted octanol–water partition coefficient (Wildman–Crippen LogP) is 0.0247. The van der Waals surface area contributed by atoms with Gasteiger partial charge in [0, 0.05) is 26.2 Å². The van der Waals surface area contributed by atoms with E-state index in [-0.39, 0.29) is 35.4 Å². The Balaban J connectivity index is 1.55. The first-order valence-electron chi connectivity index (χ1n) is 10.4. The highest BCUT2D eigenvalue weighted by Gasteiger charge is 2.30. The second kappa shape index (κ2) is 10.3. The van der Waals surface area contributed by atoms with Crippen molar-refractivity contribution in [2.45, 2.75) is 24.2 Å². The number of nitrogens with one attached hydrogen (secondary N) is 1. The highest BCUT2D eigenvalue weighted by Crippen LogP contribution is 2.21. The predicted molar refractivity (Wildman–Crippen MR) is 111 cm³/mol. The summed E-state index contributed by atoms with van der Waals surface area (Å²) in [5.74, 6) is -0.771. The number of ether oxygens (including phenoxy) is 1. The Labute approximate surface area is 177 Å². The van der Waals surface area contributed by atoms with E-state index >= 15 is 0 Å². The van der Waals surface area contributed by atoms with Crippen LogP contribution in [0.1, 0.15) is 29.6 Å². The van der Waals surface area contributed by atoms with Gasteiger partial charge in [0.05, 0.1) is 29.6 Å². The van der Waals surface area contributed by atoms with Gasteiger partial charge in [-0.3, -0.25) is 9.59 Å². The Hall–Kier alpha value is -2.01. The van der Waals surface area contributed by atoms with Crippen molar-refractivity contribution >= 4 is 21.8 Å². The van der Waals surface area contributed by atoms with Crippen LogP contribution in [0.15, 0.2) is 29.2 Å². The van der Waals surface area contributed by atoms with E-state index in [1.165, 1.54) is 16.4 Å². The molecule has 9 nitrogen and oxygen atoms in total. The van der Waals surface area contributed by atoms with E-state index in [9.17, 15) is 18.0 Å². The van der Waals surface area contributed by atoms with E-state index in [1.807, 2.05) is 0 Å². The van der Waals surface area contributed by atoms with Crippen molar-refractivity contribution in [3.63, 3.8) is 0 Å². The van der Waals surface area contributed by atoms with Gasteiger partial charge in [-0.25, -0.2) is 8.42 Å². The molecule has 2 fully saturated rings. The Bertz CT molecular complexity index is 855. The Morgan fingerprint density at radius 3 is 2.63 bits per heavy atom. The number of benzene rings is 1. The third kappa shape index (κ3) is 5.57. The zero-order valence-corrected chi connectivity index (χ0v) is 17.9. The van der Waals surface area contributed by atoms with Crippen molar-refractivity contribution in [3.8, 4) is 0 Å². The number of carbonyl (C=O) groups is 2. The van der Waals surface area contributed by atoms with Gasteiger partial charge in [-0.2, -0.15) is 4.31 Å². The lowest BCUT2D eigenvalue weighted by Crippen LogP contribution is -2.42. The van der Waals surface area contributed by atoms with Crippen LogP contribution in [-0.4, -0.2) is 81.9 Å². The first kappa shape index (κ1) is 22.7. The molecule has 2 saturated heterocycles. The lowest BCUT2D eigenvalue weighted by Gasteiger charge is -2.31. The lowest BCUT2D eigenvalue weighted by atomic mass is 9.97. The van der Waals surface area contributed by atoms with Gasteiger partial charge >= 0.3 is 0 Å². The third-order valence-corrected chi connectivity index (χ3v) is 7.52. The first-order valence-corrected chi connectivity index (χ1v) is 11.8. The summed E-state index contributed by atoms with van der Waals surface area (Å²) in [7, 11) is -3.76. The minimum Gasteiger partial charge on any atom is -0.379 e. The van der Waals surface area contributed by atoms with Crippen LogP contribution in [0.25, 0.3) is 0 Å². The molecular weight excluding hydrogens is 408 g/mol. The molecule has 0 radical (unpaired) electrons. The molecule has 1 aromatic carbocycles. The van der Waals surface area contributed by atoms with Gasteiger partial charge in [0.2, 0.25) is 15.9 Å². The smallest absolute Gasteiger partial charge is 0.252 e. The summed E-state index contributed by atoms with van der Waals surface area (Å²) in [5, 5.41) is 2.82. The number of nitrogens with zero attached hydrogens (tertiary/aromatic N) is 2. The molecule has 3 rings (SSSR count). The number of sulfonamides is 1. The average molecular weight is 439 g/mol. The van der Waals surface area contributed by atoms with Crippen LogP contribution in [-0.2, 0) is 19.6 Å². The standard InChI is InChI=1S/C20H30N4O5S/c21-19(25)16-5-3-9-23(15-16)10-4-8-22-20(26)17-6-1-2-7-18(17)30(27,28)24-11-13-29-14-12-24/h1-2,6-7,16H,3-5,8-15H2,(H2,21,25)(H,22,26). The molecule has 0 saturated carbocycles. The number of morpholine rings is 1. The Morgan fingerprint density at radius 2 is 1.90 bits per heavy atom. The van der Waals surface area contributed by atoms with Gasteiger partial charge in [-0.05, 0) is 44.5 Å². The summed E-state index contributed by atoms with van der Waals surface area (Å²) in [4.78, 5) is 26.3. The van der Waals surface area contributed by atoms with Crippen molar-refractivity contribution in [1.82, 2.24) is 14.5 Å². The van der Waals surface area contributed by atoms with E-state index in [1.54, 1.807) is 12.1 Å². The normalized spacial score (nSPS) is 21.3. The molecule has 0 bridgehead atoms. The number of carbonyl (C=O) groups excluding carboxylic acids is 2. The highest BCUT2D eigenvalue weighted by molar-refractivity contribution is 7.89. The van der Waals surface area contributed by atoms with Crippen LogP contribution in [0.4, 0.5) is 0 Å². The van der Waals surface area contributed by atoms with Gasteiger partial charge in [0.1, 0.15) is 0 Å². The zero-order chi connectivity index (χ0) is 21.6. The Kier molecular flexibility index (Phi) is 7.81. The number of rotatable bonds is 8. The van der Waals surface area contributed by atoms with E-state index < -0.39 is 15.9 Å². The van der Waals surface area contributed by atoms with Crippen LogP contribution in [0.5, 0.6) is 0 Å². The molecule has 2 aliphatic heterocycles. The Morgan fingerprint density at radius 1 is 1.17 bits per heavy atom. The van der Waals surface area contributed by atoms with E-state index in [4.69, 9.17) is 10.5 Å². The molecule has 166 valence electrons. The number of amides is 2. The zero-order valence-electron chi connectivity index (χ0n) is 17.1. The monoisotopic (exact) mass is 438 g/mol. The van der Waals surface area contributed by atoms with Crippen molar-refractivity contribution in [2.24, 2.45) is 11.7 Å². The van der Waals surface area contributed by atoms with Gasteiger partial charge < -0.3 is 20.7 Å². The molecule has 10 heteroatoms.